The number of allylic oxidation sites excluding steroid dienone is 1. The monoisotopic (exact) mass is 539 g/mol. The Bertz CT molecular complexity index is 1480. The molecular formula is C33H37N3O4. The molecule has 1 atom stereocenters. The van der Waals surface area contributed by atoms with Crippen LogP contribution < -0.4 is 19.1 Å². The summed E-state index contributed by atoms with van der Waals surface area (Å²) in [4.78, 5) is 19.9. The van der Waals surface area contributed by atoms with E-state index >= 15 is 0 Å². The number of benzene rings is 3. The van der Waals surface area contributed by atoms with Gasteiger partial charge in [-0.1, -0.05) is 30.4 Å². The van der Waals surface area contributed by atoms with E-state index in [4.69, 9.17) is 19.2 Å². The number of imidazole rings is 1. The summed E-state index contributed by atoms with van der Waals surface area (Å²) in [7, 11) is 1.66. The molecule has 7 heteroatoms. The fraction of sp³-hybridized carbons (Fsp3) is 0.333. The third-order valence-electron chi connectivity index (χ3n) is 7.21. The molecule has 4 aromatic rings. The Labute approximate surface area is 236 Å². The Morgan fingerprint density at radius 2 is 1.82 bits per heavy atom. The predicted octanol–water partition coefficient (Wildman–Crippen LogP) is 6.86. The molecule has 40 heavy (non-hydrogen) atoms. The SMILES string of the molecule is C/C=C/c1ccc(OCCCCn2c(C3CC(=O)N(c4ccc(OCC)cc4)C3)nc3ccccc32)c(OC)c1. The number of nitrogens with zero attached hydrogens (tertiary/aromatic N) is 3. The molecule has 2 heterocycles. The maximum Gasteiger partial charge on any atom is 0.227 e. The molecule has 0 radical (unpaired) electrons. The average Bonchev–Trinajstić information content (AvgIpc) is 3.54. The molecule has 0 bridgehead atoms. The zero-order chi connectivity index (χ0) is 27.9. The van der Waals surface area contributed by atoms with Crippen LogP contribution in [0.2, 0.25) is 0 Å². The molecule has 208 valence electrons. The van der Waals surface area contributed by atoms with E-state index < -0.39 is 0 Å². The van der Waals surface area contributed by atoms with Gasteiger partial charge in [0.15, 0.2) is 11.5 Å². The maximum atomic E-state index is 13.1. The fourth-order valence-corrected chi connectivity index (χ4v) is 5.31. The molecule has 0 aliphatic carbocycles. The molecule has 1 unspecified atom stereocenters. The van der Waals surface area contributed by atoms with Crippen molar-refractivity contribution in [1.29, 1.82) is 0 Å². The second-order valence-electron chi connectivity index (χ2n) is 9.91. The van der Waals surface area contributed by atoms with Gasteiger partial charge in [0.1, 0.15) is 11.6 Å². The molecule has 1 amide bonds. The molecule has 1 aliphatic heterocycles. The number of amides is 1. The van der Waals surface area contributed by atoms with E-state index in [9.17, 15) is 4.79 Å². The number of ether oxygens (including phenoxy) is 3. The Hall–Kier alpha value is -4.26. The van der Waals surface area contributed by atoms with Gasteiger partial charge in [-0.15, -0.1) is 0 Å². The van der Waals surface area contributed by atoms with Crippen molar-refractivity contribution in [2.45, 2.75) is 45.6 Å². The Kier molecular flexibility index (Phi) is 8.69. The molecule has 1 saturated heterocycles. The first-order valence-electron chi connectivity index (χ1n) is 14.0. The number of aryl methyl sites for hydroxylation is 1. The molecular weight excluding hydrogens is 502 g/mol. The van der Waals surface area contributed by atoms with Crippen LogP contribution in [0, 0.1) is 0 Å². The third kappa shape index (κ3) is 5.98. The second kappa shape index (κ2) is 12.7. The normalized spacial score (nSPS) is 15.3. The Morgan fingerprint density at radius 1 is 1.00 bits per heavy atom. The van der Waals surface area contributed by atoms with Gasteiger partial charge >= 0.3 is 0 Å². The van der Waals surface area contributed by atoms with E-state index in [1.807, 2.05) is 91.6 Å². The van der Waals surface area contributed by atoms with Crippen LogP contribution in [0.4, 0.5) is 5.69 Å². The summed E-state index contributed by atoms with van der Waals surface area (Å²) >= 11 is 0. The number of hydrogen-bond acceptors (Lipinski definition) is 5. The summed E-state index contributed by atoms with van der Waals surface area (Å²) in [6.07, 6.45) is 6.29. The molecule has 0 saturated carbocycles. The molecule has 1 fully saturated rings. The molecule has 1 aromatic heterocycles. The predicted molar refractivity (Wildman–Crippen MR) is 159 cm³/mol. The van der Waals surface area contributed by atoms with E-state index in [0.717, 1.165) is 64.7 Å². The highest BCUT2D eigenvalue weighted by Gasteiger charge is 2.34. The van der Waals surface area contributed by atoms with Crippen LogP contribution in [0.1, 0.15) is 50.4 Å². The van der Waals surface area contributed by atoms with Gasteiger partial charge < -0.3 is 23.7 Å². The van der Waals surface area contributed by atoms with Crippen molar-refractivity contribution in [3.63, 3.8) is 0 Å². The van der Waals surface area contributed by atoms with Crippen molar-refractivity contribution in [2.24, 2.45) is 0 Å². The van der Waals surface area contributed by atoms with Crippen LogP contribution in [-0.4, -0.2) is 42.3 Å². The summed E-state index contributed by atoms with van der Waals surface area (Å²) in [5.41, 5.74) is 4.04. The van der Waals surface area contributed by atoms with Crippen molar-refractivity contribution in [3.8, 4) is 17.2 Å². The number of para-hydroxylation sites is 2. The van der Waals surface area contributed by atoms with Crippen LogP contribution in [-0.2, 0) is 11.3 Å². The quantitative estimate of drug-likeness (QED) is 0.184. The zero-order valence-electron chi connectivity index (χ0n) is 23.5. The van der Waals surface area contributed by atoms with Gasteiger partial charge in [0.05, 0.1) is 31.4 Å². The Morgan fingerprint density at radius 3 is 2.60 bits per heavy atom. The number of unbranched alkanes of at least 4 members (excludes halogenated alkanes) is 1. The molecule has 0 spiro atoms. The van der Waals surface area contributed by atoms with Gasteiger partial charge in [0.25, 0.3) is 0 Å². The van der Waals surface area contributed by atoms with Gasteiger partial charge in [-0.2, -0.15) is 0 Å². The standard InChI is InChI=1S/C33H37N3O4/c1-4-10-24-13-18-30(31(21-24)38-3)40-20-9-8-19-35-29-12-7-6-11-28(29)34-33(35)25-22-32(37)36(23-25)26-14-16-27(17-15-26)39-5-2/h4,6-7,10-18,21,25H,5,8-9,19-20,22-23H2,1-3H3/b10-4+. The van der Waals surface area contributed by atoms with Gasteiger partial charge in [-0.05, 0) is 80.8 Å². The highest BCUT2D eigenvalue weighted by atomic mass is 16.5. The minimum Gasteiger partial charge on any atom is -0.494 e. The van der Waals surface area contributed by atoms with E-state index in [2.05, 4.69) is 10.6 Å². The zero-order valence-corrected chi connectivity index (χ0v) is 23.5. The van der Waals surface area contributed by atoms with Crippen LogP contribution in [0.3, 0.4) is 0 Å². The molecule has 0 N–H and O–H groups in total. The van der Waals surface area contributed by atoms with E-state index in [1.54, 1.807) is 7.11 Å². The van der Waals surface area contributed by atoms with Crippen molar-refractivity contribution in [3.05, 3.63) is 84.2 Å². The summed E-state index contributed by atoms with van der Waals surface area (Å²) in [5.74, 6) is 3.43. The van der Waals surface area contributed by atoms with Crippen LogP contribution in [0.25, 0.3) is 17.1 Å². The summed E-state index contributed by atoms with van der Waals surface area (Å²) < 4.78 is 19.4. The van der Waals surface area contributed by atoms with Crippen molar-refractivity contribution >= 4 is 28.7 Å². The van der Waals surface area contributed by atoms with Crippen molar-refractivity contribution < 1.29 is 19.0 Å². The highest BCUT2D eigenvalue weighted by molar-refractivity contribution is 5.96. The lowest BCUT2D eigenvalue weighted by atomic mass is 10.1. The average molecular weight is 540 g/mol. The van der Waals surface area contributed by atoms with Crippen LogP contribution >= 0.6 is 0 Å². The lowest BCUT2D eigenvalue weighted by Gasteiger charge is -2.18. The van der Waals surface area contributed by atoms with E-state index in [-0.39, 0.29) is 11.8 Å². The molecule has 1 aliphatic rings. The fourth-order valence-electron chi connectivity index (χ4n) is 5.31. The third-order valence-corrected chi connectivity index (χ3v) is 7.21. The van der Waals surface area contributed by atoms with Gasteiger partial charge in [0.2, 0.25) is 5.91 Å². The first kappa shape index (κ1) is 27.3. The number of carbonyl (C=O) groups is 1. The topological polar surface area (TPSA) is 65.8 Å². The first-order valence-corrected chi connectivity index (χ1v) is 14.0. The number of methoxy groups -OCH3 is 1. The Balaban J connectivity index is 1.25. The summed E-state index contributed by atoms with van der Waals surface area (Å²) in [5, 5.41) is 0. The molecule has 5 rings (SSSR count). The largest absolute Gasteiger partial charge is 0.494 e. The maximum absolute atomic E-state index is 13.1. The summed E-state index contributed by atoms with van der Waals surface area (Å²) in [6.45, 7) is 6.59. The van der Waals surface area contributed by atoms with Crippen LogP contribution in [0.5, 0.6) is 17.2 Å². The molecule has 3 aromatic carbocycles. The number of fused-ring (bicyclic) bond motifs is 1. The minimum absolute atomic E-state index is 0.0302. The van der Waals surface area contributed by atoms with Gasteiger partial charge in [0, 0.05) is 31.1 Å². The number of hydrogen-bond donors (Lipinski definition) is 0. The lowest BCUT2D eigenvalue weighted by Crippen LogP contribution is -2.24. The number of anilines is 1. The number of rotatable bonds is 12. The number of carbonyl (C=O) groups excluding carboxylic acids is 1. The van der Waals surface area contributed by atoms with E-state index in [0.29, 0.717) is 26.2 Å². The summed E-state index contributed by atoms with van der Waals surface area (Å²) in [6, 6.07) is 21.9. The highest BCUT2D eigenvalue weighted by Crippen LogP contribution is 2.34. The van der Waals surface area contributed by atoms with Gasteiger partial charge in [-0.3, -0.25) is 4.79 Å². The number of aromatic nitrogens is 2. The lowest BCUT2D eigenvalue weighted by molar-refractivity contribution is -0.117. The minimum atomic E-state index is 0.0302. The van der Waals surface area contributed by atoms with Crippen LogP contribution in [0.15, 0.2) is 72.8 Å². The second-order valence-corrected chi connectivity index (χ2v) is 9.91. The molecule has 7 nitrogen and oxygen atoms in total. The van der Waals surface area contributed by atoms with Crippen molar-refractivity contribution in [1.82, 2.24) is 9.55 Å². The van der Waals surface area contributed by atoms with Crippen molar-refractivity contribution in [2.75, 3.05) is 31.8 Å². The van der Waals surface area contributed by atoms with Gasteiger partial charge in [-0.25, -0.2) is 4.98 Å². The smallest absolute Gasteiger partial charge is 0.227 e. The first-order chi connectivity index (χ1) is 19.6. The van der Waals surface area contributed by atoms with E-state index in [1.165, 1.54) is 0 Å².